The minimum atomic E-state index is 0.341. The Morgan fingerprint density at radius 2 is 2.10 bits per heavy atom. The second kappa shape index (κ2) is 5.89. The molecule has 3 rings (SSSR count). The van der Waals surface area contributed by atoms with E-state index < -0.39 is 0 Å². The number of rotatable bonds is 4. The fraction of sp³-hybridized carbons (Fsp3) is 0.467. The molecule has 1 aliphatic rings. The van der Waals surface area contributed by atoms with Crippen LogP contribution in [-0.4, -0.2) is 29.2 Å². The van der Waals surface area contributed by atoms with Crippen LogP contribution in [-0.2, 0) is 11.2 Å². The van der Waals surface area contributed by atoms with Crippen molar-refractivity contribution in [3.8, 4) is 0 Å². The molecule has 0 aromatic carbocycles. The third-order valence-corrected chi connectivity index (χ3v) is 4.79. The number of nitrogens with zero attached hydrogens (tertiary/aromatic N) is 2. The molecule has 2 atom stereocenters. The lowest BCUT2D eigenvalue weighted by Crippen LogP contribution is -2.29. The van der Waals surface area contributed by atoms with Gasteiger partial charge in [0.2, 0.25) is 0 Å². The van der Waals surface area contributed by atoms with Gasteiger partial charge in [-0.3, -0.25) is 4.98 Å². The summed E-state index contributed by atoms with van der Waals surface area (Å²) in [5.41, 5.74) is 2.43. The Bertz CT molecular complexity index is 550. The Labute approximate surface area is 123 Å². The maximum absolute atomic E-state index is 5.65. The van der Waals surface area contributed by atoms with Gasteiger partial charge in [-0.05, 0) is 38.0 Å². The number of pyridine rings is 1. The fourth-order valence-electron chi connectivity index (χ4n) is 2.47. The van der Waals surface area contributed by atoms with Crippen molar-refractivity contribution in [2.24, 2.45) is 5.92 Å². The van der Waals surface area contributed by atoms with Crippen LogP contribution in [0.3, 0.4) is 0 Å². The maximum Gasteiger partial charge on any atom is 0.183 e. The van der Waals surface area contributed by atoms with Crippen molar-refractivity contribution in [3.63, 3.8) is 0 Å². The van der Waals surface area contributed by atoms with Gasteiger partial charge in [0.05, 0.1) is 24.9 Å². The van der Waals surface area contributed by atoms with Crippen LogP contribution in [0.1, 0.15) is 16.1 Å². The highest BCUT2D eigenvalue weighted by Crippen LogP contribution is 2.26. The number of hydrogen-bond donors (Lipinski definition) is 1. The van der Waals surface area contributed by atoms with E-state index in [2.05, 4.69) is 41.3 Å². The lowest BCUT2D eigenvalue weighted by molar-refractivity contribution is 0.185. The Morgan fingerprint density at radius 1 is 1.30 bits per heavy atom. The lowest BCUT2D eigenvalue weighted by atomic mass is 9.95. The summed E-state index contributed by atoms with van der Waals surface area (Å²) in [6, 6.07) is 4.49. The van der Waals surface area contributed by atoms with Crippen LogP contribution in [0.25, 0.3) is 0 Å². The summed E-state index contributed by atoms with van der Waals surface area (Å²) in [6.07, 6.45) is 4.71. The second-order valence-electron chi connectivity index (χ2n) is 5.27. The molecule has 1 fully saturated rings. The Kier molecular flexibility index (Phi) is 3.98. The zero-order chi connectivity index (χ0) is 13.9. The molecule has 1 aliphatic heterocycles. The largest absolute Gasteiger partial charge is 0.379 e. The van der Waals surface area contributed by atoms with Crippen molar-refractivity contribution in [1.82, 2.24) is 9.97 Å². The van der Waals surface area contributed by atoms with E-state index in [-0.39, 0.29) is 0 Å². The van der Waals surface area contributed by atoms with E-state index in [9.17, 15) is 0 Å². The molecule has 1 N–H and O–H groups in total. The van der Waals surface area contributed by atoms with Crippen LogP contribution in [0, 0.1) is 19.8 Å². The van der Waals surface area contributed by atoms with E-state index in [1.165, 1.54) is 10.4 Å². The Morgan fingerprint density at radius 3 is 2.80 bits per heavy atom. The normalized spacial score (nSPS) is 22.1. The van der Waals surface area contributed by atoms with Gasteiger partial charge in [-0.25, -0.2) is 4.98 Å². The first-order valence-corrected chi connectivity index (χ1v) is 7.71. The molecule has 2 aromatic heterocycles. The van der Waals surface area contributed by atoms with Crippen molar-refractivity contribution < 1.29 is 4.74 Å². The third kappa shape index (κ3) is 2.99. The average molecular weight is 289 g/mol. The van der Waals surface area contributed by atoms with E-state index in [0.717, 1.165) is 30.5 Å². The molecule has 2 aromatic rings. The minimum Gasteiger partial charge on any atom is -0.379 e. The van der Waals surface area contributed by atoms with Gasteiger partial charge in [-0.2, -0.15) is 0 Å². The van der Waals surface area contributed by atoms with Crippen molar-refractivity contribution in [2.75, 3.05) is 18.5 Å². The Balaban J connectivity index is 1.66. The van der Waals surface area contributed by atoms with Crippen molar-refractivity contribution in [1.29, 1.82) is 0 Å². The lowest BCUT2D eigenvalue weighted by Gasteiger charge is -2.18. The number of anilines is 1. The fourth-order valence-corrected chi connectivity index (χ4v) is 3.35. The van der Waals surface area contributed by atoms with Crippen molar-refractivity contribution in [3.05, 3.63) is 40.7 Å². The van der Waals surface area contributed by atoms with Gasteiger partial charge < -0.3 is 10.1 Å². The van der Waals surface area contributed by atoms with Gasteiger partial charge in [0.1, 0.15) is 0 Å². The van der Waals surface area contributed by atoms with E-state index in [1.807, 2.05) is 12.4 Å². The predicted molar refractivity (Wildman–Crippen MR) is 81.2 cm³/mol. The summed E-state index contributed by atoms with van der Waals surface area (Å²) >= 11 is 1.72. The molecule has 0 unspecified atom stereocenters. The molecule has 0 aliphatic carbocycles. The highest BCUT2D eigenvalue weighted by molar-refractivity contribution is 7.15. The van der Waals surface area contributed by atoms with E-state index >= 15 is 0 Å². The molecule has 0 saturated carbocycles. The highest BCUT2D eigenvalue weighted by atomic mass is 32.1. The summed E-state index contributed by atoms with van der Waals surface area (Å²) in [5, 5.41) is 4.55. The van der Waals surface area contributed by atoms with Gasteiger partial charge in [-0.15, -0.1) is 11.3 Å². The standard InChI is InChI=1S/C15H19N3OS/c1-10-11(2)20-15(17-10)18-14-9-19-8-13(14)7-12-3-5-16-6-4-12/h3-6,13-14H,7-9H2,1-2H3,(H,17,18)/t13-,14-/m1/s1. The zero-order valence-electron chi connectivity index (χ0n) is 11.8. The van der Waals surface area contributed by atoms with Gasteiger partial charge in [0.15, 0.2) is 5.13 Å². The molecule has 20 heavy (non-hydrogen) atoms. The molecule has 0 bridgehead atoms. The average Bonchev–Trinajstić information content (AvgIpc) is 2.99. The first-order valence-electron chi connectivity index (χ1n) is 6.89. The number of ether oxygens (including phenoxy) is 1. The van der Waals surface area contributed by atoms with Crippen molar-refractivity contribution in [2.45, 2.75) is 26.3 Å². The quantitative estimate of drug-likeness (QED) is 0.940. The number of thiazole rings is 1. The minimum absolute atomic E-state index is 0.341. The Hall–Kier alpha value is -1.46. The smallest absolute Gasteiger partial charge is 0.183 e. The SMILES string of the molecule is Cc1nc(N[C@@H]2COC[C@H]2Cc2ccncc2)sc1C. The summed E-state index contributed by atoms with van der Waals surface area (Å²) in [6.45, 7) is 5.73. The first-order chi connectivity index (χ1) is 9.72. The van der Waals surface area contributed by atoms with Crippen LogP contribution in [0.2, 0.25) is 0 Å². The van der Waals surface area contributed by atoms with E-state index in [0.29, 0.717) is 12.0 Å². The molecule has 3 heterocycles. The van der Waals surface area contributed by atoms with Crippen LogP contribution < -0.4 is 5.32 Å². The predicted octanol–water partition coefficient (Wildman–Crippen LogP) is 2.82. The highest BCUT2D eigenvalue weighted by Gasteiger charge is 2.29. The van der Waals surface area contributed by atoms with E-state index in [1.54, 1.807) is 11.3 Å². The van der Waals surface area contributed by atoms with Gasteiger partial charge in [0.25, 0.3) is 0 Å². The number of aryl methyl sites for hydroxylation is 2. The second-order valence-corrected chi connectivity index (χ2v) is 6.47. The molecule has 0 radical (unpaired) electrons. The monoisotopic (exact) mass is 289 g/mol. The molecule has 5 heteroatoms. The third-order valence-electron chi connectivity index (χ3n) is 3.78. The maximum atomic E-state index is 5.65. The zero-order valence-corrected chi connectivity index (χ0v) is 12.6. The summed E-state index contributed by atoms with van der Waals surface area (Å²) in [4.78, 5) is 9.90. The molecular weight excluding hydrogens is 270 g/mol. The van der Waals surface area contributed by atoms with Gasteiger partial charge in [0, 0.05) is 23.2 Å². The number of aromatic nitrogens is 2. The topological polar surface area (TPSA) is 47.0 Å². The first kappa shape index (κ1) is 13.5. The van der Waals surface area contributed by atoms with Gasteiger partial charge in [-0.1, -0.05) is 0 Å². The van der Waals surface area contributed by atoms with Crippen LogP contribution in [0.5, 0.6) is 0 Å². The molecular formula is C15H19N3OS. The molecule has 0 spiro atoms. The van der Waals surface area contributed by atoms with Gasteiger partial charge >= 0.3 is 0 Å². The van der Waals surface area contributed by atoms with Crippen LogP contribution in [0.4, 0.5) is 5.13 Å². The van der Waals surface area contributed by atoms with Crippen LogP contribution >= 0.6 is 11.3 Å². The van der Waals surface area contributed by atoms with E-state index in [4.69, 9.17) is 4.74 Å². The summed E-state index contributed by atoms with van der Waals surface area (Å²) < 4.78 is 5.65. The van der Waals surface area contributed by atoms with Crippen molar-refractivity contribution >= 4 is 16.5 Å². The molecule has 0 amide bonds. The molecule has 4 nitrogen and oxygen atoms in total. The van der Waals surface area contributed by atoms with Crippen LogP contribution in [0.15, 0.2) is 24.5 Å². The molecule has 1 saturated heterocycles. The molecule has 106 valence electrons. The number of nitrogens with one attached hydrogen (secondary N) is 1. The summed E-state index contributed by atoms with van der Waals surface area (Å²) in [5.74, 6) is 0.488. The summed E-state index contributed by atoms with van der Waals surface area (Å²) in [7, 11) is 0. The number of hydrogen-bond acceptors (Lipinski definition) is 5.